The number of benzene rings is 2. The number of rotatable bonds is 5. The van der Waals surface area contributed by atoms with Gasteiger partial charge in [0.05, 0.1) is 12.4 Å². The Morgan fingerprint density at radius 2 is 1.74 bits per heavy atom. The van der Waals surface area contributed by atoms with Gasteiger partial charge in [0.2, 0.25) is 0 Å². The number of nitrogens with one attached hydrogen (secondary N) is 1. The van der Waals surface area contributed by atoms with Crippen LogP contribution in [0.15, 0.2) is 60.9 Å². The lowest BCUT2D eigenvalue weighted by molar-refractivity contribution is 0.0988. The summed E-state index contributed by atoms with van der Waals surface area (Å²) in [6.07, 6.45) is 3.11. The predicted octanol–water partition coefficient (Wildman–Crippen LogP) is 4.93. The number of carbonyl (C=O) groups excluding carboxylic acids is 1. The number of carbonyl (C=O) groups is 1. The zero-order valence-electron chi connectivity index (χ0n) is 16.1. The van der Waals surface area contributed by atoms with Gasteiger partial charge in [0.25, 0.3) is 5.91 Å². The fourth-order valence-electron chi connectivity index (χ4n) is 2.91. The van der Waals surface area contributed by atoms with Crippen LogP contribution in [0.4, 0.5) is 17.2 Å². The molecule has 0 atom stereocenters. The molecule has 3 rings (SSSR count). The Bertz CT molecular complexity index is 921. The standard InChI is InChI=1S/C22H24N4O/c1-15(2)18-12-8-9-16(3)21(18)25-20-14-23-19(13-24-20)22(27)26(4)17-10-6-5-7-11-17/h5-15H,1-4H3,(H,24,25). The molecule has 1 N–H and O–H groups in total. The van der Waals surface area contributed by atoms with E-state index in [1.807, 2.05) is 30.3 Å². The molecule has 1 heterocycles. The first kappa shape index (κ1) is 18.6. The van der Waals surface area contributed by atoms with Crippen molar-refractivity contribution in [2.24, 2.45) is 0 Å². The second-order valence-corrected chi connectivity index (χ2v) is 6.81. The first-order chi connectivity index (χ1) is 13.0. The van der Waals surface area contributed by atoms with Crippen LogP contribution in [0.1, 0.15) is 41.4 Å². The van der Waals surface area contributed by atoms with Crippen molar-refractivity contribution in [2.45, 2.75) is 26.7 Å². The van der Waals surface area contributed by atoms with Gasteiger partial charge in [0, 0.05) is 18.4 Å². The lowest BCUT2D eigenvalue weighted by Crippen LogP contribution is -2.27. The highest BCUT2D eigenvalue weighted by atomic mass is 16.2. The minimum atomic E-state index is -0.195. The number of hydrogen-bond donors (Lipinski definition) is 1. The summed E-state index contributed by atoms with van der Waals surface area (Å²) in [5.74, 6) is 0.810. The van der Waals surface area contributed by atoms with E-state index in [1.54, 1.807) is 18.1 Å². The highest BCUT2D eigenvalue weighted by molar-refractivity contribution is 6.04. The van der Waals surface area contributed by atoms with Gasteiger partial charge in [-0.2, -0.15) is 0 Å². The molecule has 0 aliphatic heterocycles. The molecule has 3 aromatic rings. The van der Waals surface area contributed by atoms with Crippen LogP contribution in [0, 0.1) is 6.92 Å². The Morgan fingerprint density at radius 3 is 2.37 bits per heavy atom. The molecule has 0 saturated carbocycles. The summed E-state index contributed by atoms with van der Waals surface area (Å²) in [5, 5.41) is 3.35. The van der Waals surface area contributed by atoms with Crippen LogP contribution in [0.5, 0.6) is 0 Å². The largest absolute Gasteiger partial charge is 0.338 e. The number of hydrogen-bond acceptors (Lipinski definition) is 4. The minimum Gasteiger partial charge on any atom is -0.338 e. The van der Waals surface area contributed by atoms with Crippen LogP contribution in [0.3, 0.4) is 0 Å². The third-order valence-electron chi connectivity index (χ3n) is 4.50. The number of para-hydroxylation sites is 2. The summed E-state index contributed by atoms with van der Waals surface area (Å²) in [7, 11) is 1.73. The molecule has 0 bridgehead atoms. The van der Waals surface area contributed by atoms with Crippen LogP contribution >= 0.6 is 0 Å². The second kappa shape index (κ2) is 7.99. The quantitative estimate of drug-likeness (QED) is 0.701. The molecule has 0 aliphatic carbocycles. The van der Waals surface area contributed by atoms with Crippen molar-refractivity contribution in [3.05, 3.63) is 77.7 Å². The van der Waals surface area contributed by atoms with Gasteiger partial charge in [-0.1, -0.05) is 50.2 Å². The Morgan fingerprint density at radius 1 is 1.00 bits per heavy atom. The van der Waals surface area contributed by atoms with Crippen LogP contribution < -0.4 is 10.2 Å². The predicted molar refractivity (Wildman–Crippen MR) is 110 cm³/mol. The summed E-state index contributed by atoms with van der Waals surface area (Å²) >= 11 is 0. The molecule has 1 aromatic heterocycles. The summed E-state index contributed by atoms with van der Waals surface area (Å²) in [6, 6.07) is 15.7. The van der Waals surface area contributed by atoms with E-state index in [0.29, 0.717) is 17.4 Å². The normalized spacial score (nSPS) is 10.7. The lowest BCUT2D eigenvalue weighted by atomic mass is 9.98. The van der Waals surface area contributed by atoms with Crippen molar-refractivity contribution in [3.63, 3.8) is 0 Å². The van der Waals surface area contributed by atoms with Crippen molar-refractivity contribution in [3.8, 4) is 0 Å². The van der Waals surface area contributed by atoms with E-state index in [9.17, 15) is 4.79 Å². The van der Waals surface area contributed by atoms with Gasteiger partial charge in [-0.05, 0) is 36.1 Å². The van der Waals surface area contributed by atoms with Gasteiger partial charge in [-0.15, -0.1) is 0 Å². The van der Waals surface area contributed by atoms with Crippen LogP contribution in [-0.2, 0) is 0 Å². The number of aryl methyl sites for hydroxylation is 1. The van der Waals surface area contributed by atoms with Gasteiger partial charge in [0.1, 0.15) is 11.5 Å². The Hall–Kier alpha value is -3.21. The molecule has 5 heteroatoms. The van der Waals surface area contributed by atoms with Crippen molar-refractivity contribution >= 4 is 23.1 Å². The molecule has 0 saturated heterocycles. The zero-order valence-corrected chi connectivity index (χ0v) is 16.1. The van der Waals surface area contributed by atoms with Gasteiger partial charge in [-0.3, -0.25) is 4.79 Å². The van der Waals surface area contributed by atoms with Crippen LogP contribution in [0.2, 0.25) is 0 Å². The number of aromatic nitrogens is 2. The molecule has 2 aromatic carbocycles. The minimum absolute atomic E-state index is 0.195. The molecule has 138 valence electrons. The van der Waals surface area contributed by atoms with Gasteiger partial charge >= 0.3 is 0 Å². The summed E-state index contributed by atoms with van der Waals surface area (Å²) in [4.78, 5) is 22.9. The number of amides is 1. The molecule has 27 heavy (non-hydrogen) atoms. The number of anilines is 3. The highest BCUT2D eigenvalue weighted by Crippen LogP contribution is 2.29. The van der Waals surface area contributed by atoms with Gasteiger partial charge < -0.3 is 10.2 Å². The van der Waals surface area contributed by atoms with Crippen LogP contribution in [-0.4, -0.2) is 22.9 Å². The maximum atomic E-state index is 12.6. The van der Waals surface area contributed by atoms with Crippen molar-refractivity contribution in [2.75, 3.05) is 17.3 Å². The molecule has 0 fully saturated rings. The van der Waals surface area contributed by atoms with E-state index in [0.717, 1.165) is 16.9 Å². The Kier molecular flexibility index (Phi) is 5.50. The van der Waals surface area contributed by atoms with Crippen LogP contribution in [0.25, 0.3) is 0 Å². The zero-order chi connectivity index (χ0) is 19.4. The monoisotopic (exact) mass is 360 g/mol. The van der Waals surface area contributed by atoms with Gasteiger partial charge in [-0.25, -0.2) is 9.97 Å². The lowest BCUT2D eigenvalue weighted by Gasteiger charge is -2.18. The molecule has 0 unspecified atom stereocenters. The first-order valence-electron chi connectivity index (χ1n) is 8.99. The summed E-state index contributed by atoms with van der Waals surface area (Å²) < 4.78 is 0. The fraction of sp³-hybridized carbons (Fsp3) is 0.227. The molecule has 5 nitrogen and oxygen atoms in total. The fourth-order valence-corrected chi connectivity index (χ4v) is 2.91. The van der Waals surface area contributed by atoms with Gasteiger partial charge in [0.15, 0.2) is 0 Å². The third-order valence-corrected chi connectivity index (χ3v) is 4.50. The second-order valence-electron chi connectivity index (χ2n) is 6.81. The number of nitrogens with zero attached hydrogens (tertiary/aromatic N) is 3. The SMILES string of the molecule is Cc1cccc(C(C)C)c1Nc1cnc(C(=O)N(C)c2ccccc2)cn1. The van der Waals surface area contributed by atoms with Crippen molar-refractivity contribution < 1.29 is 4.79 Å². The molecular weight excluding hydrogens is 336 g/mol. The van der Waals surface area contributed by atoms with E-state index in [4.69, 9.17) is 0 Å². The van der Waals surface area contributed by atoms with E-state index < -0.39 is 0 Å². The topological polar surface area (TPSA) is 58.1 Å². The van der Waals surface area contributed by atoms with Crippen molar-refractivity contribution in [1.82, 2.24) is 9.97 Å². The van der Waals surface area contributed by atoms with E-state index in [-0.39, 0.29) is 5.91 Å². The Labute approximate surface area is 160 Å². The third kappa shape index (κ3) is 4.14. The van der Waals surface area contributed by atoms with E-state index in [1.165, 1.54) is 11.8 Å². The molecule has 0 aliphatic rings. The highest BCUT2D eigenvalue weighted by Gasteiger charge is 2.16. The smallest absolute Gasteiger partial charge is 0.278 e. The average Bonchev–Trinajstić information content (AvgIpc) is 2.69. The average molecular weight is 360 g/mol. The maximum Gasteiger partial charge on any atom is 0.278 e. The maximum absolute atomic E-state index is 12.6. The molecule has 0 spiro atoms. The first-order valence-corrected chi connectivity index (χ1v) is 8.99. The van der Waals surface area contributed by atoms with E-state index >= 15 is 0 Å². The molecule has 1 amide bonds. The molecular formula is C22H24N4O. The Balaban J connectivity index is 1.80. The van der Waals surface area contributed by atoms with E-state index in [2.05, 4.69) is 54.3 Å². The van der Waals surface area contributed by atoms with Crippen molar-refractivity contribution in [1.29, 1.82) is 0 Å². The molecule has 0 radical (unpaired) electrons. The summed E-state index contributed by atoms with van der Waals surface area (Å²) in [6.45, 7) is 6.38. The summed E-state index contributed by atoms with van der Waals surface area (Å²) in [5.41, 5.74) is 4.53.